The van der Waals surface area contributed by atoms with Gasteiger partial charge in [-0.15, -0.1) is 11.3 Å². The third kappa shape index (κ3) is 2.16. The van der Waals surface area contributed by atoms with E-state index in [1.165, 1.54) is 55.1 Å². The molecule has 1 saturated heterocycles. The van der Waals surface area contributed by atoms with Crippen molar-refractivity contribution in [3.05, 3.63) is 10.6 Å². The zero-order valence-electron chi connectivity index (χ0n) is 11.2. The molecule has 3 nitrogen and oxygen atoms in total. The summed E-state index contributed by atoms with van der Waals surface area (Å²) in [7, 11) is 0. The van der Waals surface area contributed by atoms with E-state index in [9.17, 15) is 0 Å². The number of hydrogen-bond acceptors (Lipinski definition) is 4. The van der Waals surface area contributed by atoms with Crippen molar-refractivity contribution in [2.45, 2.75) is 58.0 Å². The van der Waals surface area contributed by atoms with Crippen molar-refractivity contribution in [2.75, 3.05) is 11.4 Å². The highest BCUT2D eigenvalue weighted by molar-refractivity contribution is 7.15. The number of piperidine rings is 1. The van der Waals surface area contributed by atoms with Gasteiger partial charge >= 0.3 is 0 Å². The highest BCUT2D eigenvalue weighted by Crippen LogP contribution is 2.39. The Balaban J connectivity index is 1.84. The third-order valence-corrected chi connectivity index (χ3v) is 5.77. The Morgan fingerprint density at radius 3 is 2.83 bits per heavy atom. The van der Waals surface area contributed by atoms with Crippen LogP contribution < -0.4 is 10.6 Å². The number of hydrogen-bond donors (Lipinski definition) is 1. The number of fused-ring (bicyclic) bond motifs is 1. The molecule has 2 atom stereocenters. The maximum Gasteiger partial charge on any atom is 0.186 e. The number of nitrogens with two attached hydrogens (primary N) is 1. The van der Waals surface area contributed by atoms with Crippen molar-refractivity contribution in [1.82, 2.24) is 4.98 Å². The van der Waals surface area contributed by atoms with E-state index < -0.39 is 0 Å². The molecule has 4 heteroatoms. The van der Waals surface area contributed by atoms with Crippen LogP contribution in [0.1, 0.15) is 49.1 Å². The maximum atomic E-state index is 5.78. The molecule has 2 heterocycles. The van der Waals surface area contributed by atoms with Crippen molar-refractivity contribution in [3.63, 3.8) is 0 Å². The highest BCUT2D eigenvalue weighted by atomic mass is 32.1. The second-order valence-electron chi connectivity index (χ2n) is 5.66. The summed E-state index contributed by atoms with van der Waals surface area (Å²) in [5.41, 5.74) is 6.91. The van der Waals surface area contributed by atoms with Gasteiger partial charge in [0.05, 0.1) is 5.69 Å². The minimum absolute atomic E-state index is 0.630. The van der Waals surface area contributed by atoms with Crippen LogP contribution in [0.4, 0.5) is 5.13 Å². The standard InChI is InChI=1S/C14H23N3S/c1-10-13(9-15)18-14(16-10)17-8-4-6-11-5-2-3-7-12(11)17/h11-12H,2-9,15H2,1H3. The summed E-state index contributed by atoms with van der Waals surface area (Å²) >= 11 is 1.81. The predicted octanol–water partition coefficient (Wildman–Crippen LogP) is 3.07. The van der Waals surface area contributed by atoms with E-state index in [-0.39, 0.29) is 0 Å². The van der Waals surface area contributed by atoms with E-state index in [1.54, 1.807) is 0 Å². The monoisotopic (exact) mass is 265 g/mol. The number of anilines is 1. The van der Waals surface area contributed by atoms with Gasteiger partial charge in [0.2, 0.25) is 0 Å². The zero-order valence-corrected chi connectivity index (χ0v) is 12.0. The van der Waals surface area contributed by atoms with Crippen LogP contribution in [0.25, 0.3) is 0 Å². The van der Waals surface area contributed by atoms with Gasteiger partial charge in [-0.2, -0.15) is 0 Å². The minimum Gasteiger partial charge on any atom is -0.345 e. The molecule has 2 unspecified atom stereocenters. The lowest BCUT2D eigenvalue weighted by Crippen LogP contribution is -2.46. The summed E-state index contributed by atoms with van der Waals surface area (Å²) in [6, 6.07) is 0.753. The predicted molar refractivity (Wildman–Crippen MR) is 77.1 cm³/mol. The molecule has 100 valence electrons. The van der Waals surface area contributed by atoms with Crippen LogP contribution in [0.2, 0.25) is 0 Å². The fourth-order valence-electron chi connectivity index (χ4n) is 3.59. The lowest BCUT2D eigenvalue weighted by atomic mass is 9.78. The summed E-state index contributed by atoms with van der Waals surface area (Å²) in [4.78, 5) is 8.60. The van der Waals surface area contributed by atoms with Gasteiger partial charge < -0.3 is 10.6 Å². The smallest absolute Gasteiger partial charge is 0.186 e. The van der Waals surface area contributed by atoms with Crippen LogP contribution in [0.5, 0.6) is 0 Å². The molecule has 0 aromatic carbocycles. The average molecular weight is 265 g/mol. The topological polar surface area (TPSA) is 42.2 Å². The van der Waals surface area contributed by atoms with Crippen LogP contribution in [-0.2, 0) is 6.54 Å². The third-order valence-electron chi connectivity index (χ3n) is 4.56. The van der Waals surface area contributed by atoms with E-state index in [4.69, 9.17) is 10.7 Å². The molecule has 1 aromatic rings. The van der Waals surface area contributed by atoms with Crippen molar-refractivity contribution in [1.29, 1.82) is 0 Å². The molecule has 1 aliphatic carbocycles. The van der Waals surface area contributed by atoms with Crippen LogP contribution in [0.15, 0.2) is 0 Å². The lowest BCUT2D eigenvalue weighted by Gasteiger charge is -2.44. The van der Waals surface area contributed by atoms with Crippen molar-refractivity contribution < 1.29 is 0 Å². The first-order valence-electron chi connectivity index (χ1n) is 7.22. The zero-order chi connectivity index (χ0) is 12.5. The van der Waals surface area contributed by atoms with Crippen LogP contribution in [-0.4, -0.2) is 17.6 Å². The van der Waals surface area contributed by atoms with Crippen LogP contribution in [0.3, 0.4) is 0 Å². The molecule has 2 N–H and O–H groups in total. The van der Waals surface area contributed by atoms with Gasteiger partial charge in [-0.05, 0) is 38.5 Å². The Morgan fingerprint density at radius 2 is 2.06 bits per heavy atom. The van der Waals surface area contributed by atoms with Gasteiger partial charge in [-0.1, -0.05) is 12.8 Å². The second-order valence-corrected chi connectivity index (χ2v) is 6.72. The first-order chi connectivity index (χ1) is 8.79. The van der Waals surface area contributed by atoms with Gasteiger partial charge in [0.15, 0.2) is 5.13 Å². The molecule has 2 aliphatic rings. The van der Waals surface area contributed by atoms with Crippen LogP contribution >= 0.6 is 11.3 Å². The van der Waals surface area contributed by atoms with Gasteiger partial charge in [-0.3, -0.25) is 0 Å². The first-order valence-corrected chi connectivity index (χ1v) is 8.04. The van der Waals surface area contributed by atoms with E-state index >= 15 is 0 Å². The lowest BCUT2D eigenvalue weighted by molar-refractivity contribution is 0.243. The number of thiazole rings is 1. The Morgan fingerprint density at radius 1 is 1.28 bits per heavy atom. The van der Waals surface area contributed by atoms with E-state index in [2.05, 4.69) is 11.8 Å². The van der Waals surface area contributed by atoms with Crippen LogP contribution in [0, 0.1) is 12.8 Å². The molecule has 0 amide bonds. The highest BCUT2D eigenvalue weighted by Gasteiger charge is 2.34. The quantitative estimate of drug-likeness (QED) is 0.893. The first kappa shape index (κ1) is 12.4. The second kappa shape index (κ2) is 5.17. The Hall–Kier alpha value is -0.610. The molecular weight excluding hydrogens is 242 g/mol. The minimum atomic E-state index is 0.630. The summed E-state index contributed by atoms with van der Waals surface area (Å²) in [5.74, 6) is 0.915. The molecule has 18 heavy (non-hydrogen) atoms. The molecular formula is C14H23N3S. The normalized spacial score (nSPS) is 28.2. The van der Waals surface area contributed by atoms with E-state index in [1.807, 2.05) is 11.3 Å². The summed E-state index contributed by atoms with van der Waals surface area (Å²) in [6.07, 6.45) is 8.37. The molecule has 1 saturated carbocycles. The van der Waals surface area contributed by atoms with E-state index in [0.29, 0.717) is 6.54 Å². The number of aryl methyl sites for hydroxylation is 1. The van der Waals surface area contributed by atoms with Gasteiger partial charge in [0.25, 0.3) is 0 Å². The molecule has 3 rings (SSSR count). The number of rotatable bonds is 2. The van der Waals surface area contributed by atoms with Gasteiger partial charge in [0.1, 0.15) is 0 Å². The Bertz CT molecular complexity index is 413. The largest absolute Gasteiger partial charge is 0.345 e. The summed E-state index contributed by atoms with van der Waals surface area (Å²) in [6.45, 7) is 3.91. The van der Waals surface area contributed by atoms with Crippen molar-refractivity contribution >= 4 is 16.5 Å². The molecule has 0 bridgehead atoms. The average Bonchev–Trinajstić information content (AvgIpc) is 2.79. The SMILES string of the molecule is Cc1nc(N2CCCC3CCCCC32)sc1CN. The van der Waals surface area contributed by atoms with Crippen molar-refractivity contribution in [2.24, 2.45) is 11.7 Å². The Kier molecular flexibility index (Phi) is 3.57. The molecule has 2 fully saturated rings. The molecule has 0 radical (unpaired) electrons. The maximum absolute atomic E-state index is 5.78. The summed E-state index contributed by atoms with van der Waals surface area (Å²) < 4.78 is 0. The Labute approximate surface area is 113 Å². The molecule has 1 aliphatic heterocycles. The fourth-order valence-corrected chi connectivity index (χ4v) is 4.61. The fraction of sp³-hybridized carbons (Fsp3) is 0.786. The van der Waals surface area contributed by atoms with Gasteiger partial charge in [-0.25, -0.2) is 4.98 Å². The van der Waals surface area contributed by atoms with E-state index in [0.717, 1.165) is 17.7 Å². The van der Waals surface area contributed by atoms with Crippen molar-refractivity contribution in [3.8, 4) is 0 Å². The number of aromatic nitrogens is 1. The van der Waals surface area contributed by atoms with Gasteiger partial charge in [0, 0.05) is 24.0 Å². The number of nitrogens with zero attached hydrogens (tertiary/aromatic N) is 2. The molecule has 0 spiro atoms. The summed E-state index contributed by atoms with van der Waals surface area (Å²) in [5, 5.41) is 1.23. The molecule has 1 aromatic heterocycles.